The second-order valence-corrected chi connectivity index (χ2v) is 5.15. The Balaban J connectivity index is 1.86. The van der Waals surface area contributed by atoms with Crippen LogP contribution in [0.3, 0.4) is 0 Å². The fraction of sp³-hybridized carbons (Fsp3) is 0.364. The minimum atomic E-state index is -4.29. The molecule has 1 aromatic carbocycles. The quantitative estimate of drug-likeness (QED) is 0.761. The number of rotatable bonds is 6. The van der Waals surface area contributed by atoms with Crippen LogP contribution in [0.5, 0.6) is 11.5 Å². The highest BCUT2D eigenvalue weighted by molar-refractivity contribution is 7.85. The summed E-state index contributed by atoms with van der Waals surface area (Å²) in [6, 6.07) is 5.82. The Hall–Kier alpha value is -2.00. The monoisotopic (exact) mass is 303 g/mol. The fourth-order valence-corrected chi connectivity index (χ4v) is 1.91. The zero-order valence-corrected chi connectivity index (χ0v) is 11.4. The second kappa shape index (κ2) is 5.97. The summed E-state index contributed by atoms with van der Waals surface area (Å²) in [5.74, 6) is 0.586. The fourth-order valence-electron chi connectivity index (χ4n) is 1.24. The van der Waals surface area contributed by atoms with Crippen LogP contribution < -0.4 is 13.6 Å². The number of benzene rings is 1. The van der Waals surface area contributed by atoms with Crippen LogP contribution in [0.15, 0.2) is 24.3 Å². The van der Waals surface area contributed by atoms with Gasteiger partial charge in [0.2, 0.25) is 0 Å². The van der Waals surface area contributed by atoms with E-state index in [0.29, 0.717) is 12.4 Å². The van der Waals surface area contributed by atoms with Gasteiger partial charge >= 0.3 is 16.4 Å². The summed E-state index contributed by atoms with van der Waals surface area (Å²) in [6.45, 7) is 0.506. The van der Waals surface area contributed by atoms with E-state index in [4.69, 9.17) is 9.47 Å². The summed E-state index contributed by atoms with van der Waals surface area (Å²) >= 11 is 0. The van der Waals surface area contributed by atoms with E-state index in [1.54, 1.807) is 4.72 Å². The van der Waals surface area contributed by atoms with Crippen LogP contribution in [0, 0.1) is 0 Å². The summed E-state index contributed by atoms with van der Waals surface area (Å²) < 4.78 is 43.7. The van der Waals surface area contributed by atoms with Gasteiger partial charge in [0, 0.05) is 0 Å². The summed E-state index contributed by atoms with van der Waals surface area (Å²) in [7, 11) is -2.81. The van der Waals surface area contributed by atoms with Crippen LogP contribution in [0.2, 0.25) is 0 Å². The van der Waals surface area contributed by atoms with E-state index < -0.39 is 16.4 Å². The summed E-state index contributed by atoms with van der Waals surface area (Å²) in [6.07, 6.45) is -1.26. The summed E-state index contributed by atoms with van der Waals surface area (Å²) in [5.41, 5.74) is 0. The van der Waals surface area contributed by atoms with Crippen molar-refractivity contribution in [2.24, 2.45) is 0 Å². The van der Waals surface area contributed by atoms with Crippen molar-refractivity contribution in [1.82, 2.24) is 4.72 Å². The van der Waals surface area contributed by atoms with Gasteiger partial charge in [0.25, 0.3) is 0 Å². The number of epoxide rings is 1. The number of carbonyl (C=O) groups excluding carboxylic acids is 1. The Bertz CT molecular complexity index is 565. The molecule has 9 heteroatoms. The molecule has 0 spiro atoms. The van der Waals surface area contributed by atoms with Gasteiger partial charge in [-0.25, -0.2) is 4.79 Å². The minimum Gasteiger partial charge on any atom is -0.497 e. The van der Waals surface area contributed by atoms with E-state index in [0.717, 1.165) is 0 Å². The van der Waals surface area contributed by atoms with Gasteiger partial charge in [0.05, 0.1) is 13.7 Å². The van der Waals surface area contributed by atoms with Crippen molar-refractivity contribution in [2.45, 2.75) is 6.10 Å². The number of hydrogen-bond acceptors (Lipinski definition) is 7. The molecule has 1 atom stereocenters. The topological polar surface area (TPSA) is 103 Å². The van der Waals surface area contributed by atoms with E-state index in [-0.39, 0.29) is 18.5 Å². The second-order valence-electron chi connectivity index (χ2n) is 3.87. The molecular formula is C11H13NO7S. The Kier molecular flexibility index (Phi) is 4.30. The first-order chi connectivity index (χ1) is 9.48. The molecule has 1 aliphatic rings. The van der Waals surface area contributed by atoms with Gasteiger partial charge in [-0.1, -0.05) is 0 Å². The molecule has 1 N–H and O–H groups in total. The zero-order valence-electron chi connectivity index (χ0n) is 10.6. The molecule has 1 unspecified atom stereocenters. The van der Waals surface area contributed by atoms with E-state index in [1.165, 1.54) is 31.4 Å². The first kappa shape index (κ1) is 14.4. The smallest absolute Gasteiger partial charge is 0.423 e. The van der Waals surface area contributed by atoms with Crippen molar-refractivity contribution >= 4 is 16.4 Å². The van der Waals surface area contributed by atoms with Gasteiger partial charge in [-0.05, 0) is 24.3 Å². The first-order valence-corrected chi connectivity index (χ1v) is 7.04. The maximum atomic E-state index is 11.5. The number of carbonyl (C=O) groups is 1. The average Bonchev–Trinajstić information content (AvgIpc) is 3.20. The highest BCUT2D eigenvalue weighted by Gasteiger charge is 2.25. The predicted octanol–water partition coefficient (Wildman–Crippen LogP) is 0.444. The van der Waals surface area contributed by atoms with Gasteiger partial charge in [-0.2, -0.15) is 13.1 Å². The highest BCUT2D eigenvalue weighted by atomic mass is 32.2. The minimum absolute atomic E-state index is 0.00386. The number of amides is 1. The van der Waals surface area contributed by atoms with Crippen molar-refractivity contribution in [1.29, 1.82) is 0 Å². The van der Waals surface area contributed by atoms with Gasteiger partial charge < -0.3 is 18.4 Å². The number of methoxy groups -OCH3 is 1. The Morgan fingerprint density at radius 2 is 1.95 bits per heavy atom. The van der Waals surface area contributed by atoms with Crippen LogP contribution in [0.4, 0.5) is 4.79 Å². The lowest BCUT2D eigenvalue weighted by atomic mass is 10.3. The molecule has 0 saturated carbocycles. The molecule has 110 valence electrons. The molecule has 1 aromatic rings. The molecule has 2 rings (SSSR count). The third-order valence-corrected chi connectivity index (χ3v) is 3.10. The van der Waals surface area contributed by atoms with Crippen molar-refractivity contribution in [3.63, 3.8) is 0 Å². The Morgan fingerprint density at radius 1 is 1.35 bits per heavy atom. The van der Waals surface area contributed by atoms with Crippen molar-refractivity contribution in [3.05, 3.63) is 24.3 Å². The molecule has 8 nitrogen and oxygen atoms in total. The van der Waals surface area contributed by atoms with Gasteiger partial charge in [0.15, 0.2) is 0 Å². The van der Waals surface area contributed by atoms with Gasteiger partial charge in [-0.3, -0.25) is 0 Å². The molecule has 1 heterocycles. The van der Waals surface area contributed by atoms with Crippen LogP contribution >= 0.6 is 0 Å². The van der Waals surface area contributed by atoms with Gasteiger partial charge in [-0.15, -0.1) is 0 Å². The molecule has 0 aromatic heterocycles. The maximum Gasteiger partial charge on any atom is 0.423 e. The lowest BCUT2D eigenvalue weighted by molar-refractivity contribution is 0.141. The van der Waals surface area contributed by atoms with Crippen LogP contribution in [0.1, 0.15) is 0 Å². The molecule has 20 heavy (non-hydrogen) atoms. The zero-order chi connectivity index (χ0) is 14.6. The molecule has 1 amide bonds. The van der Waals surface area contributed by atoms with E-state index >= 15 is 0 Å². The van der Waals surface area contributed by atoms with Crippen molar-refractivity contribution < 1.29 is 31.6 Å². The number of nitrogens with one attached hydrogen (secondary N) is 1. The highest BCUT2D eigenvalue weighted by Crippen LogP contribution is 2.18. The van der Waals surface area contributed by atoms with E-state index in [2.05, 4.69) is 8.92 Å². The molecule has 0 aliphatic carbocycles. The lowest BCUT2D eigenvalue weighted by Crippen LogP contribution is -2.35. The molecule has 1 saturated heterocycles. The summed E-state index contributed by atoms with van der Waals surface area (Å²) in [5, 5.41) is 0. The number of ether oxygens (including phenoxy) is 3. The lowest BCUT2D eigenvalue weighted by Gasteiger charge is -2.08. The standard InChI is InChI=1S/C11H13NO7S/c1-16-8-2-4-9(5-3-8)19-20(14,15)12-11(13)18-7-10-6-17-10/h2-5,10H,6-7H2,1H3,(H,12,13). The first-order valence-electron chi connectivity index (χ1n) is 5.63. The molecule has 1 fully saturated rings. The van der Waals surface area contributed by atoms with Crippen LogP contribution in [-0.4, -0.2) is 40.9 Å². The molecular weight excluding hydrogens is 290 g/mol. The van der Waals surface area contributed by atoms with Gasteiger partial charge in [0.1, 0.15) is 24.2 Å². The van der Waals surface area contributed by atoms with Crippen LogP contribution in [-0.2, 0) is 19.8 Å². The van der Waals surface area contributed by atoms with E-state index in [9.17, 15) is 13.2 Å². The average molecular weight is 303 g/mol. The van der Waals surface area contributed by atoms with Crippen LogP contribution in [0.25, 0.3) is 0 Å². The predicted molar refractivity (Wildman–Crippen MR) is 66.8 cm³/mol. The molecule has 1 aliphatic heterocycles. The largest absolute Gasteiger partial charge is 0.497 e. The SMILES string of the molecule is COc1ccc(OS(=O)(=O)NC(=O)OCC2CO2)cc1. The van der Waals surface area contributed by atoms with E-state index in [1.807, 2.05) is 0 Å². The van der Waals surface area contributed by atoms with Crippen molar-refractivity contribution in [2.75, 3.05) is 20.3 Å². The third-order valence-electron chi connectivity index (χ3n) is 2.28. The Labute approximate surface area is 115 Å². The number of hydrogen-bond donors (Lipinski definition) is 1. The Morgan fingerprint density at radius 3 is 2.50 bits per heavy atom. The molecule has 0 radical (unpaired) electrons. The summed E-state index contributed by atoms with van der Waals surface area (Å²) in [4.78, 5) is 11.2. The molecule has 0 bridgehead atoms. The maximum absolute atomic E-state index is 11.5. The van der Waals surface area contributed by atoms with Crippen molar-refractivity contribution in [3.8, 4) is 11.5 Å². The normalized spacial score (nSPS) is 17.1. The third kappa shape index (κ3) is 4.59.